The molecule has 0 saturated heterocycles. The first-order chi connectivity index (χ1) is 7.79. The summed E-state index contributed by atoms with van der Waals surface area (Å²) in [5.41, 5.74) is 3.58. The van der Waals surface area contributed by atoms with Gasteiger partial charge in [0.05, 0.1) is 7.11 Å². The van der Waals surface area contributed by atoms with Crippen molar-refractivity contribution in [1.29, 1.82) is 0 Å². The van der Waals surface area contributed by atoms with Gasteiger partial charge in [0.1, 0.15) is 5.52 Å². The minimum Gasteiger partial charge on any atom is -0.479 e. The van der Waals surface area contributed by atoms with Crippen molar-refractivity contribution in [2.24, 2.45) is 5.92 Å². The number of H-pyrrole nitrogens is 1. The highest BCUT2D eigenvalue weighted by atomic mass is 16.5. The number of nitrogens with one attached hydrogen (secondary N) is 1. The smallest absolute Gasteiger partial charge is 0.238 e. The number of fused-ring (bicyclic) bond motifs is 3. The fourth-order valence-electron chi connectivity index (χ4n) is 2.34. The van der Waals surface area contributed by atoms with Crippen molar-refractivity contribution in [2.45, 2.75) is 13.3 Å². The summed E-state index contributed by atoms with van der Waals surface area (Å²) < 4.78 is 5.27. The number of methoxy groups -OCH3 is 1. The van der Waals surface area contributed by atoms with Gasteiger partial charge in [-0.3, -0.25) is 0 Å². The zero-order valence-corrected chi connectivity index (χ0v) is 9.45. The molecule has 1 unspecified atom stereocenters. The minimum atomic E-state index is 0. The van der Waals surface area contributed by atoms with Crippen LogP contribution in [0.25, 0.3) is 17.0 Å². The molecule has 3 nitrogen and oxygen atoms in total. The van der Waals surface area contributed by atoms with Crippen LogP contribution in [0.15, 0.2) is 18.3 Å². The van der Waals surface area contributed by atoms with Crippen LogP contribution in [0.3, 0.4) is 0 Å². The first-order valence-corrected chi connectivity index (χ1v) is 5.51. The van der Waals surface area contributed by atoms with E-state index in [4.69, 9.17) is 4.74 Å². The number of ether oxygens (including phenoxy) is 1. The van der Waals surface area contributed by atoms with Crippen molar-refractivity contribution in [3.8, 4) is 5.88 Å². The van der Waals surface area contributed by atoms with E-state index in [0.717, 1.165) is 11.9 Å². The van der Waals surface area contributed by atoms with Crippen LogP contribution >= 0.6 is 0 Å². The summed E-state index contributed by atoms with van der Waals surface area (Å²) in [7, 11) is 1.65. The molecule has 2 heterocycles. The van der Waals surface area contributed by atoms with Gasteiger partial charge in [-0.25, -0.2) is 4.98 Å². The summed E-state index contributed by atoms with van der Waals surface area (Å²) in [5.74, 6) is 1.28. The second kappa shape index (κ2) is 3.37. The van der Waals surface area contributed by atoms with Crippen LogP contribution in [0.4, 0.5) is 0 Å². The molecular formula is C13H16N2O. The van der Waals surface area contributed by atoms with Gasteiger partial charge in [0.15, 0.2) is 0 Å². The zero-order valence-electron chi connectivity index (χ0n) is 9.45. The molecule has 3 heteroatoms. The van der Waals surface area contributed by atoms with Gasteiger partial charge in [-0.2, -0.15) is 0 Å². The maximum Gasteiger partial charge on any atom is 0.238 e. The minimum absolute atomic E-state index is 0. The van der Waals surface area contributed by atoms with E-state index in [9.17, 15) is 0 Å². The highest BCUT2D eigenvalue weighted by Crippen LogP contribution is 2.32. The number of nitrogens with zero attached hydrogens (tertiary/aromatic N) is 1. The molecule has 0 aromatic carbocycles. The second-order valence-electron chi connectivity index (χ2n) is 4.30. The van der Waals surface area contributed by atoms with E-state index in [2.05, 4.69) is 35.1 Å². The van der Waals surface area contributed by atoms with Gasteiger partial charge in [-0.15, -0.1) is 0 Å². The number of allylic oxidation sites excluding steroid dienone is 1. The average Bonchev–Trinajstić information content (AvgIpc) is 2.67. The summed E-state index contributed by atoms with van der Waals surface area (Å²) in [6, 6.07) is 2.05. The van der Waals surface area contributed by atoms with Crippen molar-refractivity contribution >= 4 is 17.0 Å². The van der Waals surface area contributed by atoms with Crippen LogP contribution in [0.2, 0.25) is 0 Å². The van der Waals surface area contributed by atoms with E-state index in [1.807, 2.05) is 0 Å². The Bertz CT molecular complexity index is 574. The van der Waals surface area contributed by atoms with Crippen molar-refractivity contribution in [2.75, 3.05) is 7.11 Å². The molecule has 0 saturated carbocycles. The number of aromatic nitrogens is 2. The summed E-state index contributed by atoms with van der Waals surface area (Å²) in [5, 5.41) is 1.23. The lowest BCUT2D eigenvalue weighted by molar-refractivity contribution is 0.402. The van der Waals surface area contributed by atoms with Gasteiger partial charge >= 0.3 is 0 Å². The molecule has 2 aromatic heterocycles. The summed E-state index contributed by atoms with van der Waals surface area (Å²) in [6.07, 6.45) is 7.28. The molecule has 1 aliphatic carbocycles. The van der Waals surface area contributed by atoms with Crippen LogP contribution in [-0.4, -0.2) is 17.1 Å². The lowest BCUT2D eigenvalue weighted by Crippen LogP contribution is -2.01. The lowest BCUT2D eigenvalue weighted by Gasteiger charge is -2.11. The maximum atomic E-state index is 5.27. The summed E-state index contributed by atoms with van der Waals surface area (Å²) in [4.78, 5) is 7.59. The Hall–Kier alpha value is -1.77. The quantitative estimate of drug-likeness (QED) is 0.795. The van der Waals surface area contributed by atoms with Crippen molar-refractivity contribution in [1.82, 2.24) is 9.97 Å². The third-order valence-electron chi connectivity index (χ3n) is 3.14. The van der Waals surface area contributed by atoms with Crippen LogP contribution in [0, 0.1) is 5.92 Å². The van der Waals surface area contributed by atoms with Crippen LogP contribution in [0.1, 0.15) is 19.6 Å². The van der Waals surface area contributed by atoms with E-state index in [1.54, 1.807) is 13.3 Å². The van der Waals surface area contributed by atoms with Gasteiger partial charge in [0.25, 0.3) is 0 Å². The first-order valence-electron chi connectivity index (χ1n) is 5.51. The standard InChI is InChI=1S/C13H14N2O.H2/c1-8-3-4-11-10(7-8)9-5-6-14-13(16-2)12(9)15-11;/h3-6,8,15H,7H2,1-2H3;1H. The van der Waals surface area contributed by atoms with E-state index in [-0.39, 0.29) is 1.43 Å². The van der Waals surface area contributed by atoms with Crippen molar-refractivity contribution in [3.05, 3.63) is 29.6 Å². The SMILES string of the molecule is COc1nccc2c3c([nH]c12)C=CC(C)C3.[HH]. The molecule has 2 aromatic rings. The predicted octanol–water partition coefficient (Wildman–Crippen LogP) is 3.02. The fourth-order valence-corrected chi connectivity index (χ4v) is 2.34. The maximum absolute atomic E-state index is 5.27. The molecule has 0 bridgehead atoms. The lowest BCUT2D eigenvalue weighted by atomic mass is 9.94. The first kappa shape index (κ1) is 9.46. The monoisotopic (exact) mass is 216 g/mol. The topological polar surface area (TPSA) is 37.9 Å². The number of aromatic amines is 1. The van der Waals surface area contributed by atoms with Crippen molar-refractivity contribution in [3.63, 3.8) is 0 Å². The van der Waals surface area contributed by atoms with E-state index >= 15 is 0 Å². The Labute approximate surface area is 95.6 Å². The fraction of sp³-hybridized carbons (Fsp3) is 0.308. The number of hydrogen-bond acceptors (Lipinski definition) is 2. The third-order valence-corrected chi connectivity index (χ3v) is 3.14. The normalized spacial score (nSPS) is 18.8. The van der Waals surface area contributed by atoms with Gasteiger partial charge < -0.3 is 9.72 Å². The molecule has 1 atom stereocenters. The largest absolute Gasteiger partial charge is 0.479 e. The Morgan fingerprint density at radius 1 is 1.56 bits per heavy atom. The van der Waals surface area contributed by atoms with Gasteiger partial charge in [-0.1, -0.05) is 13.0 Å². The Morgan fingerprint density at radius 3 is 3.25 bits per heavy atom. The predicted molar refractivity (Wildman–Crippen MR) is 66.7 cm³/mol. The Balaban J connectivity index is 0.00000108. The number of pyridine rings is 1. The van der Waals surface area contributed by atoms with Gasteiger partial charge in [-0.05, 0) is 30.0 Å². The van der Waals surface area contributed by atoms with E-state index in [0.29, 0.717) is 11.8 Å². The number of rotatable bonds is 1. The zero-order chi connectivity index (χ0) is 11.1. The molecule has 0 aliphatic heterocycles. The van der Waals surface area contributed by atoms with E-state index in [1.165, 1.54) is 16.6 Å². The molecule has 0 fully saturated rings. The second-order valence-corrected chi connectivity index (χ2v) is 4.30. The average molecular weight is 216 g/mol. The molecular weight excluding hydrogens is 200 g/mol. The van der Waals surface area contributed by atoms with Crippen LogP contribution in [0.5, 0.6) is 5.88 Å². The Kier molecular flexibility index (Phi) is 1.99. The molecule has 1 N–H and O–H groups in total. The van der Waals surface area contributed by atoms with E-state index < -0.39 is 0 Å². The van der Waals surface area contributed by atoms with Crippen LogP contribution in [-0.2, 0) is 6.42 Å². The summed E-state index contributed by atoms with van der Waals surface area (Å²) >= 11 is 0. The van der Waals surface area contributed by atoms with Crippen molar-refractivity contribution < 1.29 is 6.16 Å². The molecule has 3 rings (SSSR count). The molecule has 0 amide bonds. The molecule has 16 heavy (non-hydrogen) atoms. The number of hydrogen-bond donors (Lipinski definition) is 1. The highest BCUT2D eigenvalue weighted by Gasteiger charge is 2.17. The molecule has 0 spiro atoms. The van der Waals surface area contributed by atoms with Crippen LogP contribution < -0.4 is 4.74 Å². The molecule has 0 radical (unpaired) electrons. The summed E-state index contributed by atoms with van der Waals surface area (Å²) in [6.45, 7) is 2.23. The highest BCUT2D eigenvalue weighted by molar-refractivity contribution is 5.90. The Morgan fingerprint density at radius 2 is 2.44 bits per heavy atom. The van der Waals surface area contributed by atoms with Gasteiger partial charge in [0, 0.05) is 18.7 Å². The van der Waals surface area contributed by atoms with Gasteiger partial charge in [0.2, 0.25) is 5.88 Å². The third kappa shape index (κ3) is 1.24. The molecule has 1 aliphatic rings. The molecule has 84 valence electrons.